The SMILES string of the molecule is C=CCOC(C)C(=O)OC(C(=O)NCCc1ccc(Cl)cc1)C(C)C. The molecule has 138 valence electrons. The Labute approximate surface area is 154 Å². The zero-order valence-corrected chi connectivity index (χ0v) is 15.7. The molecule has 0 aromatic heterocycles. The summed E-state index contributed by atoms with van der Waals surface area (Å²) in [5, 5.41) is 3.48. The van der Waals surface area contributed by atoms with E-state index in [0.717, 1.165) is 5.56 Å². The molecule has 6 heteroatoms. The van der Waals surface area contributed by atoms with Crippen molar-refractivity contribution in [3.8, 4) is 0 Å². The van der Waals surface area contributed by atoms with Gasteiger partial charge in [-0.15, -0.1) is 6.58 Å². The largest absolute Gasteiger partial charge is 0.450 e. The Hall–Kier alpha value is -1.85. The van der Waals surface area contributed by atoms with E-state index in [-0.39, 0.29) is 18.4 Å². The number of hydrogen-bond acceptors (Lipinski definition) is 4. The van der Waals surface area contributed by atoms with Crippen LogP contribution in [-0.4, -0.2) is 37.2 Å². The summed E-state index contributed by atoms with van der Waals surface area (Å²) >= 11 is 5.84. The molecule has 0 aliphatic heterocycles. The number of benzene rings is 1. The van der Waals surface area contributed by atoms with E-state index in [1.165, 1.54) is 0 Å². The van der Waals surface area contributed by atoms with Crippen LogP contribution in [0.1, 0.15) is 26.3 Å². The minimum Gasteiger partial charge on any atom is -0.450 e. The summed E-state index contributed by atoms with van der Waals surface area (Å²) < 4.78 is 10.6. The lowest BCUT2D eigenvalue weighted by molar-refractivity contribution is -0.167. The van der Waals surface area contributed by atoms with Gasteiger partial charge in [-0.1, -0.05) is 43.7 Å². The Morgan fingerprint density at radius 2 is 1.88 bits per heavy atom. The molecule has 1 aromatic carbocycles. The minimum atomic E-state index is -0.854. The summed E-state index contributed by atoms with van der Waals surface area (Å²) in [5.41, 5.74) is 1.06. The molecule has 5 nitrogen and oxygen atoms in total. The normalized spacial score (nSPS) is 13.2. The van der Waals surface area contributed by atoms with E-state index in [9.17, 15) is 9.59 Å². The second-order valence-corrected chi connectivity index (χ2v) is 6.47. The average molecular weight is 368 g/mol. The first-order valence-electron chi connectivity index (χ1n) is 8.30. The number of esters is 1. The third kappa shape index (κ3) is 7.71. The molecule has 2 unspecified atom stereocenters. The lowest BCUT2D eigenvalue weighted by atomic mass is 10.1. The maximum atomic E-state index is 12.3. The zero-order valence-electron chi connectivity index (χ0n) is 15.0. The molecule has 0 aliphatic rings. The molecule has 0 saturated carbocycles. The monoisotopic (exact) mass is 367 g/mol. The quantitative estimate of drug-likeness (QED) is 0.509. The van der Waals surface area contributed by atoms with E-state index in [2.05, 4.69) is 11.9 Å². The number of hydrogen-bond donors (Lipinski definition) is 1. The molecule has 0 aliphatic carbocycles. The molecular weight excluding hydrogens is 342 g/mol. The first-order chi connectivity index (χ1) is 11.8. The van der Waals surface area contributed by atoms with Gasteiger partial charge in [0, 0.05) is 11.6 Å². The van der Waals surface area contributed by atoms with Crippen LogP contribution in [0, 0.1) is 5.92 Å². The fraction of sp³-hybridized carbons (Fsp3) is 0.474. The number of rotatable bonds is 10. The maximum absolute atomic E-state index is 12.3. The summed E-state index contributed by atoms with van der Waals surface area (Å²) in [6.07, 6.45) is 0.613. The molecule has 1 amide bonds. The lowest BCUT2D eigenvalue weighted by Gasteiger charge is -2.22. The first kappa shape index (κ1) is 21.2. The highest BCUT2D eigenvalue weighted by molar-refractivity contribution is 6.30. The maximum Gasteiger partial charge on any atom is 0.335 e. The Bertz CT molecular complexity index is 571. The second kappa shape index (κ2) is 10.9. The highest BCUT2D eigenvalue weighted by Crippen LogP contribution is 2.11. The number of halogens is 1. The number of nitrogens with one attached hydrogen (secondary N) is 1. The standard InChI is InChI=1S/C19H26ClNO4/c1-5-12-24-14(4)19(23)25-17(13(2)3)18(22)21-11-10-15-6-8-16(20)9-7-15/h5-9,13-14,17H,1,10-12H2,2-4H3,(H,21,22). The average Bonchev–Trinajstić information content (AvgIpc) is 2.58. The van der Waals surface area contributed by atoms with Crippen LogP contribution in [0.2, 0.25) is 5.02 Å². The van der Waals surface area contributed by atoms with Gasteiger partial charge in [0.25, 0.3) is 5.91 Å². The van der Waals surface area contributed by atoms with Crippen LogP contribution < -0.4 is 5.32 Å². The van der Waals surface area contributed by atoms with Crippen molar-refractivity contribution in [2.24, 2.45) is 5.92 Å². The van der Waals surface area contributed by atoms with Crippen molar-refractivity contribution in [1.29, 1.82) is 0 Å². The van der Waals surface area contributed by atoms with E-state index in [1.807, 2.05) is 38.1 Å². The third-order valence-corrected chi connectivity index (χ3v) is 3.78. The van der Waals surface area contributed by atoms with Gasteiger partial charge in [0.2, 0.25) is 0 Å². The van der Waals surface area contributed by atoms with Crippen LogP contribution >= 0.6 is 11.6 Å². The van der Waals surface area contributed by atoms with Crippen molar-refractivity contribution in [2.75, 3.05) is 13.2 Å². The van der Waals surface area contributed by atoms with Crippen molar-refractivity contribution in [3.05, 3.63) is 47.5 Å². The Morgan fingerprint density at radius 3 is 2.44 bits per heavy atom. The molecule has 1 aromatic rings. The van der Waals surface area contributed by atoms with Crippen LogP contribution in [0.4, 0.5) is 0 Å². The van der Waals surface area contributed by atoms with Crippen molar-refractivity contribution < 1.29 is 19.1 Å². The van der Waals surface area contributed by atoms with Gasteiger partial charge < -0.3 is 14.8 Å². The van der Waals surface area contributed by atoms with Gasteiger partial charge in [-0.05, 0) is 37.0 Å². The molecule has 0 fully saturated rings. The molecule has 2 atom stereocenters. The van der Waals surface area contributed by atoms with E-state index in [0.29, 0.717) is 18.0 Å². The summed E-state index contributed by atoms with van der Waals surface area (Å²) in [6.45, 7) is 9.45. The summed E-state index contributed by atoms with van der Waals surface area (Å²) in [7, 11) is 0. The minimum absolute atomic E-state index is 0.147. The topological polar surface area (TPSA) is 64.6 Å². The van der Waals surface area contributed by atoms with Crippen LogP contribution in [0.5, 0.6) is 0 Å². The highest BCUT2D eigenvalue weighted by Gasteiger charge is 2.28. The van der Waals surface area contributed by atoms with E-state index in [1.54, 1.807) is 13.0 Å². The van der Waals surface area contributed by atoms with Crippen LogP contribution in [0.3, 0.4) is 0 Å². The molecule has 25 heavy (non-hydrogen) atoms. The van der Waals surface area contributed by atoms with Gasteiger partial charge in [-0.3, -0.25) is 4.79 Å². The lowest BCUT2D eigenvalue weighted by Crippen LogP contribution is -2.43. The molecular formula is C19H26ClNO4. The highest BCUT2D eigenvalue weighted by atomic mass is 35.5. The van der Waals surface area contributed by atoms with E-state index in [4.69, 9.17) is 21.1 Å². The number of carbonyl (C=O) groups is 2. The molecule has 1 N–H and O–H groups in total. The Morgan fingerprint density at radius 1 is 1.24 bits per heavy atom. The molecule has 0 spiro atoms. The molecule has 0 bridgehead atoms. The van der Waals surface area contributed by atoms with Crippen molar-refractivity contribution in [1.82, 2.24) is 5.32 Å². The fourth-order valence-corrected chi connectivity index (χ4v) is 2.20. The van der Waals surface area contributed by atoms with Crippen molar-refractivity contribution in [3.63, 3.8) is 0 Å². The summed E-state index contributed by atoms with van der Waals surface area (Å²) in [4.78, 5) is 24.4. The Balaban J connectivity index is 2.51. The van der Waals surface area contributed by atoms with Crippen molar-refractivity contribution >= 4 is 23.5 Å². The molecule has 0 saturated heterocycles. The summed E-state index contributed by atoms with van der Waals surface area (Å²) in [6, 6.07) is 7.43. The van der Waals surface area contributed by atoms with E-state index < -0.39 is 18.2 Å². The smallest absolute Gasteiger partial charge is 0.335 e. The zero-order chi connectivity index (χ0) is 18.8. The van der Waals surface area contributed by atoms with Crippen LogP contribution in [-0.2, 0) is 25.5 Å². The number of amides is 1. The second-order valence-electron chi connectivity index (χ2n) is 6.03. The fourth-order valence-electron chi connectivity index (χ4n) is 2.08. The molecule has 0 radical (unpaired) electrons. The predicted molar refractivity (Wildman–Crippen MR) is 98.5 cm³/mol. The summed E-state index contributed by atoms with van der Waals surface area (Å²) in [5.74, 6) is -1.02. The number of carbonyl (C=O) groups excluding carboxylic acids is 2. The predicted octanol–water partition coefficient (Wildman–Crippen LogP) is 3.16. The Kier molecular flexibility index (Phi) is 9.24. The van der Waals surface area contributed by atoms with Gasteiger partial charge in [-0.2, -0.15) is 0 Å². The molecule has 1 rings (SSSR count). The first-order valence-corrected chi connectivity index (χ1v) is 8.68. The van der Waals surface area contributed by atoms with Gasteiger partial charge in [0.05, 0.1) is 6.61 Å². The van der Waals surface area contributed by atoms with Gasteiger partial charge >= 0.3 is 5.97 Å². The van der Waals surface area contributed by atoms with Crippen LogP contribution in [0.25, 0.3) is 0 Å². The van der Waals surface area contributed by atoms with Crippen molar-refractivity contribution in [2.45, 2.75) is 39.4 Å². The van der Waals surface area contributed by atoms with Crippen LogP contribution in [0.15, 0.2) is 36.9 Å². The molecule has 0 heterocycles. The van der Waals surface area contributed by atoms with Gasteiger partial charge in [0.1, 0.15) is 0 Å². The third-order valence-electron chi connectivity index (χ3n) is 3.53. The van der Waals surface area contributed by atoms with Gasteiger partial charge in [-0.25, -0.2) is 4.79 Å². The number of ether oxygens (including phenoxy) is 2. The van der Waals surface area contributed by atoms with Gasteiger partial charge in [0.15, 0.2) is 12.2 Å². The van der Waals surface area contributed by atoms with E-state index >= 15 is 0 Å².